The van der Waals surface area contributed by atoms with Crippen molar-refractivity contribution in [3.8, 4) is 0 Å². The molecule has 1 unspecified atom stereocenters. The van der Waals surface area contributed by atoms with Gasteiger partial charge in [-0.25, -0.2) is 0 Å². The van der Waals surface area contributed by atoms with E-state index in [0.29, 0.717) is 11.9 Å². The lowest BCUT2D eigenvalue weighted by atomic mass is 9.81. The second-order valence-corrected chi connectivity index (χ2v) is 6.25. The van der Waals surface area contributed by atoms with Crippen molar-refractivity contribution < 1.29 is 4.79 Å². The maximum absolute atomic E-state index is 13.1. The highest BCUT2D eigenvalue weighted by Crippen LogP contribution is 2.33. The highest BCUT2D eigenvalue weighted by molar-refractivity contribution is 5.84. The summed E-state index contributed by atoms with van der Waals surface area (Å²) in [6.07, 6.45) is 5.45. The highest BCUT2D eigenvalue weighted by atomic mass is 16.2. The van der Waals surface area contributed by atoms with E-state index in [4.69, 9.17) is 0 Å². The molecule has 2 aliphatic rings. The molecule has 3 rings (SSSR count). The number of piperidine rings is 1. The molecule has 1 aromatic rings. The van der Waals surface area contributed by atoms with Crippen LogP contribution in [0.15, 0.2) is 24.3 Å². The van der Waals surface area contributed by atoms with Crippen LogP contribution in [0, 0.1) is 0 Å². The molecule has 3 heteroatoms. The number of rotatable bonds is 3. The number of nitrogens with zero attached hydrogens (tertiary/aromatic N) is 1. The normalized spacial score (nSPS) is 22.6. The van der Waals surface area contributed by atoms with Gasteiger partial charge in [-0.1, -0.05) is 24.3 Å². The summed E-state index contributed by atoms with van der Waals surface area (Å²) in [5.41, 5.74) is 2.66. The zero-order chi connectivity index (χ0) is 14.7. The summed E-state index contributed by atoms with van der Waals surface area (Å²) in [7, 11) is 0. The third kappa shape index (κ3) is 2.98. The molecule has 0 radical (unpaired) electrons. The fourth-order valence-electron chi connectivity index (χ4n) is 3.92. The van der Waals surface area contributed by atoms with Crippen LogP contribution in [0.2, 0.25) is 0 Å². The molecule has 1 aliphatic heterocycles. The zero-order valence-corrected chi connectivity index (χ0v) is 13.0. The molecule has 1 aliphatic carbocycles. The van der Waals surface area contributed by atoms with Crippen LogP contribution in [0.4, 0.5) is 0 Å². The number of fused-ring (bicyclic) bond motifs is 1. The fraction of sp³-hybridized carbons (Fsp3) is 0.611. The number of nitrogens with one attached hydrogen (secondary N) is 1. The Bertz CT molecular complexity index is 494. The average molecular weight is 286 g/mol. The van der Waals surface area contributed by atoms with Gasteiger partial charge in [0.05, 0.1) is 5.92 Å². The number of amides is 1. The largest absolute Gasteiger partial charge is 0.339 e. The quantitative estimate of drug-likeness (QED) is 0.926. The standard InChI is InChI=1S/C18H26N2O/c1-2-20(15-10-12-19-13-11-15)18(21)17-9-5-7-14-6-3-4-8-16(14)17/h3-4,6,8,15,17,19H,2,5,7,9-13H2,1H3. The van der Waals surface area contributed by atoms with Crippen LogP contribution in [-0.2, 0) is 11.2 Å². The number of aryl methyl sites for hydroxylation is 1. The van der Waals surface area contributed by atoms with Crippen molar-refractivity contribution in [2.45, 2.75) is 51.0 Å². The molecule has 1 heterocycles. The van der Waals surface area contributed by atoms with Crippen molar-refractivity contribution >= 4 is 5.91 Å². The van der Waals surface area contributed by atoms with Crippen LogP contribution in [0.3, 0.4) is 0 Å². The SMILES string of the molecule is CCN(C(=O)C1CCCc2ccccc21)C1CCNCC1. The number of likely N-dealkylation sites (N-methyl/N-ethyl adjacent to an activating group) is 1. The first-order valence-electron chi connectivity index (χ1n) is 8.40. The lowest BCUT2D eigenvalue weighted by Crippen LogP contribution is -2.48. The smallest absolute Gasteiger partial charge is 0.230 e. The Morgan fingerprint density at radius 3 is 2.76 bits per heavy atom. The first kappa shape index (κ1) is 14.6. The van der Waals surface area contributed by atoms with E-state index < -0.39 is 0 Å². The lowest BCUT2D eigenvalue weighted by molar-refractivity contribution is -0.135. The molecule has 1 aromatic carbocycles. The summed E-state index contributed by atoms with van der Waals surface area (Å²) in [5.74, 6) is 0.446. The van der Waals surface area contributed by atoms with E-state index in [2.05, 4.69) is 41.4 Å². The van der Waals surface area contributed by atoms with Gasteiger partial charge >= 0.3 is 0 Å². The topological polar surface area (TPSA) is 32.3 Å². The Morgan fingerprint density at radius 1 is 1.24 bits per heavy atom. The molecule has 21 heavy (non-hydrogen) atoms. The van der Waals surface area contributed by atoms with Crippen LogP contribution in [0.25, 0.3) is 0 Å². The van der Waals surface area contributed by atoms with E-state index in [1.807, 2.05) is 0 Å². The lowest BCUT2D eigenvalue weighted by Gasteiger charge is -2.37. The molecule has 1 N–H and O–H groups in total. The molecule has 0 aromatic heterocycles. The van der Waals surface area contributed by atoms with Crippen molar-refractivity contribution in [1.29, 1.82) is 0 Å². The Labute approximate surface area is 127 Å². The maximum Gasteiger partial charge on any atom is 0.230 e. The van der Waals surface area contributed by atoms with E-state index in [1.165, 1.54) is 11.1 Å². The number of carbonyl (C=O) groups is 1. The molecule has 0 spiro atoms. The van der Waals surface area contributed by atoms with E-state index in [1.54, 1.807) is 0 Å². The minimum atomic E-state index is 0.0878. The number of benzene rings is 1. The Morgan fingerprint density at radius 2 is 2.00 bits per heavy atom. The summed E-state index contributed by atoms with van der Waals surface area (Å²) >= 11 is 0. The fourth-order valence-corrected chi connectivity index (χ4v) is 3.92. The molecule has 1 atom stereocenters. The van der Waals surface area contributed by atoms with Gasteiger partial charge < -0.3 is 10.2 Å². The summed E-state index contributed by atoms with van der Waals surface area (Å²) in [4.78, 5) is 15.2. The summed E-state index contributed by atoms with van der Waals surface area (Å²) in [6, 6.07) is 8.95. The van der Waals surface area contributed by atoms with Crippen LogP contribution in [0.1, 0.15) is 49.7 Å². The monoisotopic (exact) mass is 286 g/mol. The average Bonchev–Trinajstić information content (AvgIpc) is 2.56. The van der Waals surface area contributed by atoms with Crippen LogP contribution in [0.5, 0.6) is 0 Å². The third-order valence-corrected chi connectivity index (χ3v) is 5.04. The van der Waals surface area contributed by atoms with E-state index in [9.17, 15) is 4.79 Å². The van der Waals surface area contributed by atoms with Crippen molar-refractivity contribution in [3.63, 3.8) is 0 Å². The minimum absolute atomic E-state index is 0.0878. The Hall–Kier alpha value is -1.35. The van der Waals surface area contributed by atoms with Gasteiger partial charge in [0.2, 0.25) is 5.91 Å². The van der Waals surface area contributed by atoms with Crippen molar-refractivity contribution in [2.24, 2.45) is 0 Å². The predicted molar refractivity (Wildman–Crippen MR) is 85.4 cm³/mol. The molecule has 0 saturated carbocycles. The Balaban J connectivity index is 1.80. The van der Waals surface area contributed by atoms with Crippen LogP contribution < -0.4 is 5.32 Å². The van der Waals surface area contributed by atoms with Crippen LogP contribution in [-0.4, -0.2) is 36.5 Å². The third-order valence-electron chi connectivity index (χ3n) is 5.04. The molecular weight excluding hydrogens is 260 g/mol. The number of hydrogen-bond acceptors (Lipinski definition) is 2. The summed E-state index contributed by atoms with van der Waals surface area (Å²) < 4.78 is 0. The van der Waals surface area contributed by atoms with E-state index >= 15 is 0 Å². The Kier molecular flexibility index (Phi) is 4.59. The molecule has 1 amide bonds. The zero-order valence-electron chi connectivity index (χ0n) is 13.0. The van der Waals surface area contributed by atoms with Crippen molar-refractivity contribution in [2.75, 3.05) is 19.6 Å². The van der Waals surface area contributed by atoms with E-state index in [0.717, 1.165) is 51.7 Å². The predicted octanol–water partition coefficient (Wildman–Crippen LogP) is 2.71. The summed E-state index contributed by atoms with van der Waals surface area (Å²) in [6.45, 7) is 5.03. The van der Waals surface area contributed by atoms with Crippen molar-refractivity contribution in [1.82, 2.24) is 10.2 Å². The minimum Gasteiger partial charge on any atom is -0.339 e. The second kappa shape index (κ2) is 6.61. The van der Waals surface area contributed by atoms with Gasteiger partial charge in [-0.3, -0.25) is 4.79 Å². The second-order valence-electron chi connectivity index (χ2n) is 6.25. The van der Waals surface area contributed by atoms with Gasteiger partial charge in [-0.05, 0) is 63.2 Å². The number of hydrogen-bond donors (Lipinski definition) is 1. The highest BCUT2D eigenvalue weighted by Gasteiger charge is 2.32. The molecular formula is C18H26N2O. The summed E-state index contributed by atoms with van der Waals surface area (Å²) in [5, 5.41) is 3.39. The van der Waals surface area contributed by atoms with Crippen molar-refractivity contribution in [3.05, 3.63) is 35.4 Å². The molecule has 3 nitrogen and oxygen atoms in total. The molecule has 1 fully saturated rings. The van der Waals surface area contributed by atoms with Gasteiger partial charge in [-0.15, -0.1) is 0 Å². The number of carbonyl (C=O) groups excluding carboxylic acids is 1. The molecule has 114 valence electrons. The van der Waals surface area contributed by atoms with Gasteiger partial charge in [0.25, 0.3) is 0 Å². The van der Waals surface area contributed by atoms with Crippen LogP contribution >= 0.6 is 0 Å². The van der Waals surface area contributed by atoms with Gasteiger partial charge in [0, 0.05) is 12.6 Å². The van der Waals surface area contributed by atoms with E-state index in [-0.39, 0.29) is 5.92 Å². The first-order valence-corrected chi connectivity index (χ1v) is 8.40. The first-order chi connectivity index (χ1) is 10.3. The van der Waals surface area contributed by atoms with Gasteiger partial charge in [0.1, 0.15) is 0 Å². The molecule has 0 bridgehead atoms. The maximum atomic E-state index is 13.1. The molecule has 1 saturated heterocycles. The van der Waals surface area contributed by atoms with Gasteiger partial charge in [-0.2, -0.15) is 0 Å². The van der Waals surface area contributed by atoms with Gasteiger partial charge in [0.15, 0.2) is 0 Å².